The molecule has 3 aromatic carbocycles. The molecule has 11 heteroatoms. The number of nitrogens with zero attached hydrogens (tertiary/aromatic N) is 2. The van der Waals surface area contributed by atoms with Crippen molar-refractivity contribution in [3.8, 4) is 0 Å². The van der Waals surface area contributed by atoms with Crippen LogP contribution in [-0.2, 0) is 26.2 Å². The number of anilines is 1. The first kappa shape index (κ1) is 30.4. The minimum atomic E-state index is -4.24. The van der Waals surface area contributed by atoms with Gasteiger partial charge in [0.25, 0.3) is 10.0 Å². The molecule has 0 aliphatic rings. The molecule has 0 radical (unpaired) electrons. The minimum Gasteiger partial charge on any atom is -0.352 e. The Hall–Kier alpha value is -3.14. The van der Waals surface area contributed by atoms with Gasteiger partial charge in [0.15, 0.2) is 0 Å². The van der Waals surface area contributed by atoms with Crippen molar-refractivity contribution in [2.45, 2.75) is 51.2 Å². The number of benzene rings is 3. The molecule has 0 spiro atoms. The Morgan fingerprint density at radius 3 is 2.10 bits per heavy atom. The summed E-state index contributed by atoms with van der Waals surface area (Å²) in [6.07, 6.45) is 0. The fraction of sp³-hybridized carbons (Fsp3) is 0.286. The lowest BCUT2D eigenvalue weighted by Crippen LogP contribution is -2.52. The van der Waals surface area contributed by atoms with E-state index in [2.05, 4.69) is 5.32 Å². The van der Waals surface area contributed by atoms with Crippen LogP contribution in [0, 0.1) is 12.7 Å². The first-order chi connectivity index (χ1) is 18.3. The van der Waals surface area contributed by atoms with Crippen LogP contribution >= 0.6 is 23.2 Å². The van der Waals surface area contributed by atoms with Gasteiger partial charge in [-0.2, -0.15) is 0 Å². The smallest absolute Gasteiger partial charge is 0.264 e. The van der Waals surface area contributed by atoms with Gasteiger partial charge in [-0.1, -0.05) is 53.0 Å². The fourth-order valence-corrected chi connectivity index (χ4v) is 5.48. The molecule has 0 heterocycles. The summed E-state index contributed by atoms with van der Waals surface area (Å²) in [4.78, 5) is 28.0. The van der Waals surface area contributed by atoms with Crippen molar-refractivity contribution in [1.82, 2.24) is 10.2 Å². The van der Waals surface area contributed by atoms with E-state index in [4.69, 9.17) is 23.2 Å². The molecule has 0 bridgehead atoms. The first-order valence-electron chi connectivity index (χ1n) is 12.2. The van der Waals surface area contributed by atoms with Gasteiger partial charge in [0, 0.05) is 12.6 Å². The number of amides is 2. The molecule has 3 rings (SSSR count). The Morgan fingerprint density at radius 1 is 0.923 bits per heavy atom. The standard InChI is InChI=1S/C28H30Cl2FN3O4S/c1-18(2)32-28(36)20(4)33(16-21-7-9-22(31)10-8-21)27(35)17-34(23-11-14-25(29)26(30)15-23)39(37,38)24-12-5-19(3)6-13-24/h5-15,18,20H,16-17H2,1-4H3,(H,32,36)/t20-/m0/s1. The number of nitrogens with one attached hydrogen (secondary N) is 1. The lowest BCUT2D eigenvalue weighted by atomic mass is 10.1. The number of carbonyl (C=O) groups is 2. The van der Waals surface area contributed by atoms with Crippen LogP contribution in [0.2, 0.25) is 10.0 Å². The van der Waals surface area contributed by atoms with E-state index in [0.29, 0.717) is 5.56 Å². The maximum atomic E-state index is 13.8. The number of carbonyl (C=O) groups excluding carboxylic acids is 2. The third-order valence-electron chi connectivity index (χ3n) is 5.94. The zero-order chi connectivity index (χ0) is 28.9. The average molecular weight is 595 g/mol. The van der Waals surface area contributed by atoms with Gasteiger partial charge in [-0.25, -0.2) is 12.8 Å². The second kappa shape index (κ2) is 12.8. The van der Waals surface area contributed by atoms with Gasteiger partial charge >= 0.3 is 0 Å². The van der Waals surface area contributed by atoms with Gasteiger partial charge < -0.3 is 10.2 Å². The molecular formula is C28H30Cl2FN3O4S. The monoisotopic (exact) mass is 593 g/mol. The van der Waals surface area contributed by atoms with Crippen LogP contribution in [0.1, 0.15) is 31.9 Å². The Labute approximate surface area is 238 Å². The van der Waals surface area contributed by atoms with E-state index in [1.165, 1.54) is 59.5 Å². The molecule has 0 saturated heterocycles. The SMILES string of the molecule is Cc1ccc(S(=O)(=O)N(CC(=O)N(Cc2ccc(F)cc2)[C@@H](C)C(=O)NC(C)C)c2ccc(Cl)c(Cl)c2)cc1. The van der Waals surface area contributed by atoms with E-state index in [1.54, 1.807) is 32.9 Å². The highest BCUT2D eigenvalue weighted by atomic mass is 35.5. The summed E-state index contributed by atoms with van der Waals surface area (Å²) in [6, 6.07) is 14.8. The largest absolute Gasteiger partial charge is 0.352 e. The van der Waals surface area contributed by atoms with E-state index in [9.17, 15) is 22.4 Å². The summed E-state index contributed by atoms with van der Waals surface area (Å²) in [6.45, 7) is 6.28. The minimum absolute atomic E-state index is 0.0253. The molecule has 1 N–H and O–H groups in total. The van der Waals surface area contributed by atoms with Gasteiger partial charge in [0.05, 0.1) is 20.6 Å². The highest BCUT2D eigenvalue weighted by Gasteiger charge is 2.33. The van der Waals surface area contributed by atoms with Crippen molar-refractivity contribution in [3.63, 3.8) is 0 Å². The summed E-state index contributed by atoms with van der Waals surface area (Å²) < 4.78 is 42.1. The summed E-state index contributed by atoms with van der Waals surface area (Å²) in [5.74, 6) is -1.51. The molecule has 208 valence electrons. The van der Waals surface area contributed by atoms with E-state index in [1.807, 2.05) is 6.92 Å². The summed E-state index contributed by atoms with van der Waals surface area (Å²) in [5.41, 5.74) is 1.55. The predicted molar refractivity (Wildman–Crippen MR) is 152 cm³/mol. The Kier molecular flexibility index (Phi) is 9.98. The number of hydrogen-bond acceptors (Lipinski definition) is 4. The van der Waals surface area contributed by atoms with Crippen molar-refractivity contribution in [2.24, 2.45) is 0 Å². The molecule has 2 amide bonds. The molecule has 1 atom stereocenters. The molecule has 0 aliphatic heterocycles. The van der Waals surface area contributed by atoms with E-state index < -0.39 is 40.2 Å². The normalized spacial score (nSPS) is 12.2. The van der Waals surface area contributed by atoms with E-state index in [-0.39, 0.29) is 33.2 Å². The van der Waals surface area contributed by atoms with Crippen molar-refractivity contribution < 1.29 is 22.4 Å². The maximum absolute atomic E-state index is 13.8. The zero-order valence-corrected chi connectivity index (χ0v) is 24.3. The highest BCUT2D eigenvalue weighted by molar-refractivity contribution is 7.92. The number of hydrogen-bond donors (Lipinski definition) is 1. The van der Waals surface area contributed by atoms with Crippen LogP contribution in [0.15, 0.2) is 71.6 Å². The maximum Gasteiger partial charge on any atom is 0.264 e. The lowest BCUT2D eigenvalue weighted by molar-refractivity contribution is -0.139. The van der Waals surface area contributed by atoms with Crippen molar-refractivity contribution in [2.75, 3.05) is 10.8 Å². The number of rotatable bonds is 10. The molecule has 0 aromatic heterocycles. The van der Waals surface area contributed by atoms with Gasteiger partial charge in [-0.3, -0.25) is 13.9 Å². The Morgan fingerprint density at radius 2 is 1.54 bits per heavy atom. The van der Waals surface area contributed by atoms with Crippen LogP contribution in [0.5, 0.6) is 0 Å². The predicted octanol–water partition coefficient (Wildman–Crippen LogP) is 5.58. The van der Waals surface area contributed by atoms with Crippen LogP contribution in [0.3, 0.4) is 0 Å². The summed E-state index contributed by atoms with van der Waals surface area (Å²) >= 11 is 12.3. The second-order valence-corrected chi connectivity index (χ2v) is 12.1. The topological polar surface area (TPSA) is 86.8 Å². The molecule has 39 heavy (non-hydrogen) atoms. The zero-order valence-electron chi connectivity index (χ0n) is 22.0. The number of halogens is 3. The van der Waals surface area contributed by atoms with Gasteiger partial charge in [-0.05, 0) is 75.7 Å². The molecule has 0 saturated carbocycles. The van der Waals surface area contributed by atoms with Crippen LogP contribution < -0.4 is 9.62 Å². The van der Waals surface area contributed by atoms with E-state index in [0.717, 1.165) is 9.87 Å². The van der Waals surface area contributed by atoms with Gasteiger partial charge in [-0.15, -0.1) is 0 Å². The highest BCUT2D eigenvalue weighted by Crippen LogP contribution is 2.31. The van der Waals surface area contributed by atoms with E-state index >= 15 is 0 Å². The quantitative estimate of drug-likeness (QED) is 0.332. The number of aryl methyl sites for hydroxylation is 1. The van der Waals surface area contributed by atoms with Crippen LogP contribution in [0.4, 0.5) is 10.1 Å². The average Bonchev–Trinajstić information content (AvgIpc) is 2.88. The Bertz CT molecular complexity index is 1430. The van der Waals surface area contributed by atoms with Gasteiger partial charge in [0.1, 0.15) is 18.4 Å². The molecular weight excluding hydrogens is 564 g/mol. The molecule has 0 aliphatic carbocycles. The number of sulfonamides is 1. The lowest BCUT2D eigenvalue weighted by Gasteiger charge is -2.32. The van der Waals surface area contributed by atoms with Crippen LogP contribution in [-0.4, -0.2) is 43.8 Å². The molecule has 7 nitrogen and oxygen atoms in total. The third kappa shape index (κ3) is 7.71. The molecule has 0 unspecified atom stereocenters. The van der Waals surface area contributed by atoms with Crippen LogP contribution in [0.25, 0.3) is 0 Å². The first-order valence-corrected chi connectivity index (χ1v) is 14.4. The second-order valence-electron chi connectivity index (χ2n) is 9.41. The van der Waals surface area contributed by atoms with Crippen molar-refractivity contribution >= 4 is 50.7 Å². The third-order valence-corrected chi connectivity index (χ3v) is 8.47. The summed E-state index contributed by atoms with van der Waals surface area (Å²) in [7, 11) is -4.24. The molecule has 0 fully saturated rings. The van der Waals surface area contributed by atoms with Crippen molar-refractivity contribution in [1.29, 1.82) is 0 Å². The van der Waals surface area contributed by atoms with Crippen molar-refractivity contribution in [3.05, 3.63) is 93.7 Å². The fourth-order valence-electron chi connectivity index (χ4n) is 3.78. The Balaban J connectivity index is 2.05. The summed E-state index contributed by atoms with van der Waals surface area (Å²) in [5, 5.41) is 3.10. The molecule has 3 aromatic rings. The van der Waals surface area contributed by atoms with Gasteiger partial charge in [0.2, 0.25) is 11.8 Å².